The normalized spacial score (nSPS) is 30.1. The molecule has 0 aromatic heterocycles. The molecule has 5 atom stereocenters. The van der Waals surface area contributed by atoms with Crippen molar-refractivity contribution in [1.82, 2.24) is 9.62 Å². The topological polar surface area (TPSA) is 117 Å². The van der Waals surface area contributed by atoms with E-state index in [1.807, 2.05) is 42.5 Å². The standard InChI is InChI=1S/C30H31N3O6S/c1-38-23-13-12-19-18-24-30(35)15-14-22(32-28(34)31-20-8-4-2-5-9-20)27-29(30,25(19)26(23)39-27)16-17-33(24)40(36,37)21-10-6-3-7-11-21/h2-13,22,24,27,35H,14-18H2,1H3,(H2,31,32,34)/t22-,24-,27+,29+,30-/m0/s1. The summed E-state index contributed by atoms with van der Waals surface area (Å²) >= 11 is 0. The molecule has 2 heterocycles. The van der Waals surface area contributed by atoms with Crippen molar-refractivity contribution in [3.63, 3.8) is 0 Å². The second-order valence-electron chi connectivity index (χ2n) is 11.1. The molecule has 2 amide bonds. The molecule has 2 fully saturated rings. The molecule has 9 nitrogen and oxygen atoms in total. The largest absolute Gasteiger partial charge is 0.493 e. The molecule has 3 N–H and O–H groups in total. The van der Waals surface area contributed by atoms with E-state index in [-0.39, 0.29) is 17.5 Å². The highest BCUT2D eigenvalue weighted by atomic mass is 32.2. The lowest BCUT2D eigenvalue weighted by Crippen LogP contribution is -2.78. The highest BCUT2D eigenvalue weighted by Gasteiger charge is 2.74. The SMILES string of the molecule is COc1ccc2c3c1O[C@@H]1[C@@H](NC(=O)Nc4ccccc4)CC[C@]4(O)[C@H](C2)N(S(=O)(=O)c2ccccc2)CC[C@@]314. The van der Waals surface area contributed by atoms with Gasteiger partial charge in [0.05, 0.1) is 35.1 Å². The number of ether oxygens (including phenoxy) is 2. The van der Waals surface area contributed by atoms with Gasteiger partial charge in [-0.1, -0.05) is 42.5 Å². The summed E-state index contributed by atoms with van der Waals surface area (Å²) in [5, 5.41) is 18.7. The third kappa shape index (κ3) is 3.39. The number of sulfonamides is 1. The highest BCUT2D eigenvalue weighted by molar-refractivity contribution is 7.89. The van der Waals surface area contributed by atoms with Crippen molar-refractivity contribution in [3.05, 3.63) is 83.9 Å². The lowest BCUT2D eigenvalue weighted by molar-refractivity contribution is -0.175. The zero-order valence-corrected chi connectivity index (χ0v) is 22.9. The van der Waals surface area contributed by atoms with Gasteiger partial charge >= 0.3 is 6.03 Å². The highest BCUT2D eigenvalue weighted by Crippen LogP contribution is 2.65. The Hall–Kier alpha value is -3.60. The van der Waals surface area contributed by atoms with Crippen LogP contribution in [0.2, 0.25) is 0 Å². The van der Waals surface area contributed by atoms with Gasteiger partial charge in [-0.3, -0.25) is 0 Å². The summed E-state index contributed by atoms with van der Waals surface area (Å²) in [6.45, 7) is 0.225. The van der Waals surface area contributed by atoms with Crippen LogP contribution in [0.3, 0.4) is 0 Å². The summed E-state index contributed by atoms with van der Waals surface area (Å²) in [4.78, 5) is 13.3. The zero-order chi connectivity index (χ0) is 27.7. The number of amides is 2. The van der Waals surface area contributed by atoms with E-state index >= 15 is 0 Å². The predicted molar refractivity (Wildman–Crippen MR) is 148 cm³/mol. The monoisotopic (exact) mass is 561 g/mol. The lowest BCUT2D eigenvalue weighted by Gasteiger charge is -2.63. The fourth-order valence-corrected chi connectivity index (χ4v) is 9.36. The number of aliphatic hydroxyl groups is 1. The number of hydrogen-bond acceptors (Lipinski definition) is 6. The number of benzene rings is 3. The van der Waals surface area contributed by atoms with Crippen molar-refractivity contribution < 1.29 is 27.8 Å². The zero-order valence-electron chi connectivity index (χ0n) is 22.0. The van der Waals surface area contributed by atoms with Crippen LogP contribution in [0.15, 0.2) is 77.7 Å². The van der Waals surface area contributed by atoms with Gasteiger partial charge in [0.1, 0.15) is 6.10 Å². The molecular weight excluding hydrogens is 530 g/mol. The third-order valence-corrected chi connectivity index (χ3v) is 11.2. The van der Waals surface area contributed by atoms with Crippen molar-refractivity contribution in [2.45, 2.75) is 59.8 Å². The molecule has 2 aliphatic heterocycles. The van der Waals surface area contributed by atoms with Crippen LogP contribution in [0.4, 0.5) is 10.5 Å². The summed E-state index contributed by atoms with van der Waals surface area (Å²) in [5.41, 5.74) is 0.205. The van der Waals surface area contributed by atoms with E-state index in [1.54, 1.807) is 37.4 Å². The Morgan fingerprint density at radius 3 is 2.50 bits per heavy atom. The van der Waals surface area contributed by atoms with Crippen LogP contribution in [-0.2, 0) is 21.9 Å². The first-order valence-corrected chi connectivity index (χ1v) is 15.0. The molecule has 0 radical (unpaired) electrons. The van der Waals surface area contributed by atoms with E-state index in [4.69, 9.17) is 9.47 Å². The molecule has 3 aromatic carbocycles. The maximum Gasteiger partial charge on any atom is 0.319 e. The second kappa shape index (κ2) is 8.95. The van der Waals surface area contributed by atoms with Gasteiger partial charge < -0.3 is 25.2 Å². The number of nitrogens with zero attached hydrogens (tertiary/aromatic N) is 1. The Balaban J connectivity index is 1.30. The number of urea groups is 1. The fraction of sp³-hybridized carbons (Fsp3) is 0.367. The van der Waals surface area contributed by atoms with Crippen molar-refractivity contribution in [3.8, 4) is 11.5 Å². The first-order chi connectivity index (χ1) is 19.3. The van der Waals surface area contributed by atoms with Crippen LogP contribution in [0, 0.1) is 0 Å². The third-order valence-electron chi connectivity index (χ3n) is 9.32. The summed E-state index contributed by atoms with van der Waals surface area (Å²) in [5.74, 6) is 1.15. The number of piperidine rings is 1. The van der Waals surface area contributed by atoms with E-state index < -0.39 is 39.2 Å². The molecule has 40 heavy (non-hydrogen) atoms. The van der Waals surface area contributed by atoms with Gasteiger partial charge in [0.15, 0.2) is 11.5 Å². The van der Waals surface area contributed by atoms with E-state index in [0.29, 0.717) is 42.9 Å². The minimum atomic E-state index is -3.86. The first-order valence-electron chi connectivity index (χ1n) is 13.6. The Morgan fingerprint density at radius 1 is 1.05 bits per heavy atom. The predicted octanol–water partition coefficient (Wildman–Crippen LogP) is 3.43. The Morgan fingerprint density at radius 2 is 1.77 bits per heavy atom. The van der Waals surface area contributed by atoms with Gasteiger partial charge in [0.25, 0.3) is 0 Å². The number of carbonyl (C=O) groups is 1. The fourth-order valence-electron chi connectivity index (χ4n) is 7.68. The van der Waals surface area contributed by atoms with Gasteiger partial charge in [-0.2, -0.15) is 4.31 Å². The smallest absolute Gasteiger partial charge is 0.319 e. The Labute approximate surface area is 233 Å². The summed E-state index contributed by atoms with van der Waals surface area (Å²) in [7, 11) is -2.28. The summed E-state index contributed by atoms with van der Waals surface area (Å²) in [6, 6.07) is 19.9. The molecule has 1 saturated carbocycles. The average Bonchev–Trinajstić information content (AvgIpc) is 3.31. The molecule has 2 aliphatic carbocycles. The number of carbonyl (C=O) groups excluding carboxylic acids is 1. The molecule has 2 bridgehead atoms. The maximum atomic E-state index is 13.9. The molecule has 1 spiro atoms. The van der Waals surface area contributed by atoms with E-state index in [0.717, 1.165) is 11.1 Å². The first kappa shape index (κ1) is 25.4. The molecule has 7 rings (SSSR count). The van der Waals surface area contributed by atoms with E-state index in [1.165, 1.54) is 4.31 Å². The molecule has 10 heteroatoms. The van der Waals surface area contributed by atoms with Gasteiger partial charge in [-0.25, -0.2) is 13.2 Å². The van der Waals surface area contributed by atoms with Crippen LogP contribution in [0.5, 0.6) is 11.5 Å². The summed E-state index contributed by atoms with van der Waals surface area (Å²) in [6.07, 6.45) is 0.848. The number of methoxy groups -OCH3 is 1. The minimum Gasteiger partial charge on any atom is -0.493 e. The molecule has 4 aliphatic rings. The number of anilines is 1. The van der Waals surface area contributed by atoms with E-state index in [9.17, 15) is 18.3 Å². The van der Waals surface area contributed by atoms with Crippen LogP contribution in [0.1, 0.15) is 30.4 Å². The molecule has 208 valence electrons. The number of hydrogen-bond donors (Lipinski definition) is 3. The van der Waals surface area contributed by atoms with Crippen LogP contribution >= 0.6 is 0 Å². The van der Waals surface area contributed by atoms with Crippen LogP contribution in [0.25, 0.3) is 0 Å². The van der Waals surface area contributed by atoms with Crippen molar-refractivity contribution in [2.75, 3.05) is 19.0 Å². The van der Waals surface area contributed by atoms with Gasteiger partial charge in [-0.05, 0) is 61.6 Å². The number of rotatable bonds is 5. The van der Waals surface area contributed by atoms with Crippen LogP contribution in [-0.4, -0.2) is 61.3 Å². The second-order valence-corrected chi connectivity index (χ2v) is 13.0. The molecule has 1 saturated heterocycles. The lowest BCUT2D eigenvalue weighted by atomic mass is 9.49. The number of nitrogens with one attached hydrogen (secondary N) is 2. The Bertz CT molecular complexity index is 1580. The average molecular weight is 562 g/mol. The van der Waals surface area contributed by atoms with Crippen molar-refractivity contribution in [2.24, 2.45) is 0 Å². The van der Waals surface area contributed by atoms with Gasteiger partial charge in [0.2, 0.25) is 10.0 Å². The molecule has 3 aromatic rings. The van der Waals surface area contributed by atoms with Gasteiger partial charge in [0, 0.05) is 17.8 Å². The van der Waals surface area contributed by atoms with Crippen molar-refractivity contribution in [1.29, 1.82) is 0 Å². The quantitative estimate of drug-likeness (QED) is 0.440. The number of para-hydroxylation sites is 1. The molecular formula is C30H31N3O6S. The minimum absolute atomic E-state index is 0.211. The van der Waals surface area contributed by atoms with Crippen molar-refractivity contribution >= 4 is 21.7 Å². The van der Waals surface area contributed by atoms with Crippen LogP contribution < -0.4 is 20.1 Å². The maximum absolute atomic E-state index is 13.9. The van der Waals surface area contributed by atoms with E-state index in [2.05, 4.69) is 10.6 Å². The van der Waals surface area contributed by atoms with Gasteiger partial charge in [-0.15, -0.1) is 0 Å². The summed E-state index contributed by atoms with van der Waals surface area (Å²) < 4.78 is 41.6. The Kier molecular flexibility index (Phi) is 5.68. The molecule has 0 unspecified atom stereocenters.